The molecule has 0 unspecified atom stereocenters. The summed E-state index contributed by atoms with van der Waals surface area (Å²) in [6.45, 7) is 0. The van der Waals surface area contributed by atoms with Crippen molar-refractivity contribution in [3.8, 4) is 5.75 Å². The Balaban J connectivity index is 0.00000576. The van der Waals surface area contributed by atoms with Crippen molar-refractivity contribution in [1.82, 2.24) is 15.0 Å². The molecule has 4 aromatic rings. The monoisotopic (exact) mass is 780 g/mol. The van der Waals surface area contributed by atoms with Crippen molar-refractivity contribution >= 4 is 82.4 Å². The van der Waals surface area contributed by atoms with Crippen molar-refractivity contribution in [2.24, 2.45) is 15.3 Å². The molecule has 0 atom stereocenters. The van der Waals surface area contributed by atoms with Gasteiger partial charge in [0.05, 0.1) is 20.4 Å². The molecule has 46 heavy (non-hydrogen) atoms. The van der Waals surface area contributed by atoms with Gasteiger partial charge in [-0.25, -0.2) is 0 Å². The molecule has 0 radical (unpaired) electrons. The second kappa shape index (κ2) is 14.3. The third-order valence-electron chi connectivity index (χ3n) is 5.23. The zero-order valence-corrected chi connectivity index (χ0v) is 26.8. The summed E-state index contributed by atoms with van der Waals surface area (Å²) in [4.78, 5) is 8.58. The summed E-state index contributed by atoms with van der Waals surface area (Å²) in [5, 5.41) is 24.0. The van der Waals surface area contributed by atoms with Gasteiger partial charge in [-0.2, -0.15) is 40.2 Å². The average Bonchev–Trinajstić information content (AvgIpc) is 2.93. The van der Waals surface area contributed by atoms with Gasteiger partial charge in [0.1, 0.15) is 5.69 Å². The second-order valence-electron chi connectivity index (χ2n) is 8.31. The number of nitrogens with zero attached hydrogens (tertiary/aromatic N) is 7. The van der Waals surface area contributed by atoms with Gasteiger partial charge in [0.25, 0.3) is 30.4 Å². The summed E-state index contributed by atoms with van der Waals surface area (Å²) >= 11 is 11.5. The summed E-state index contributed by atoms with van der Waals surface area (Å²) in [5.41, 5.74) is 2.12. The average molecular weight is 782 g/mol. The quantitative estimate of drug-likeness (QED) is 0.0297. The van der Waals surface area contributed by atoms with Gasteiger partial charge in [-0.3, -0.25) is 13.7 Å². The van der Waals surface area contributed by atoms with Crippen molar-refractivity contribution in [2.45, 2.75) is 14.7 Å². The number of anilines is 2. The molecule has 0 bridgehead atoms. The van der Waals surface area contributed by atoms with E-state index in [1.165, 1.54) is 24.3 Å². The predicted molar refractivity (Wildman–Crippen MR) is 158 cm³/mol. The molecule has 1 aromatic heterocycles. The van der Waals surface area contributed by atoms with Gasteiger partial charge in [-0.1, -0.05) is 42.1 Å². The van der Waals surface area contributed by atoms with Crippen LogP contribution >= 0.6 is 23.2 Å². The zero-order valence-electron chi connectivity index (χ0n) is 21.9. The number of phenolic OH excluding ortho intramolecular Hbond substituents is 1. The Morgan fingerprint density at radius 3 is 1.96 bits per heavy atom. The number of hydrogen-bond donors (Lipinski definition) is 5. The predicted octanol–water partition coefficient (Wildman–Crippen LogP) is 4.52. The molecule has 0 aliphatic heterocycles. The molecule has 24 heteroatoms. The molecule has 0 amide bonds. The molecule has 0 fully saturated rings. The van der Waals surface area contributed by atoms with Gasteiger partial charge in [0.15, 0.2) is 11.6 Å². The van der Waals surface area contributed by atoms with E-state index in [0.717, 1.165) is 12.1 Å². The molecular formula is C22H15Cl2CuN8O10S3. The minimum atomic E-state index is -4.97. The van der Waals surface area contributed by atoms with Gasteiger partial charge < -0.3 is 21.0 Å². The Morgan fingerprint density at radius 1 is 0.783 bits per heavy atom. The molecule has 18 nitrogen and oxygen atoms in total. The maximum Gasteiger partial charge on any atom is 1.00 e. The Kier molecular flexibility index (Phi) is 11.4. The first-order chi connectivity index (χ1) is 20.9. The molecular weight excluding hydrogens is 767 g/mol. The van der Waals surface area contributed by atoms with E-state index in [1.807, 2.05) is 0 Å². The number of aromatic nitrogens is 3. The molecule has 5 N–H and O–H groups in total. The topological polar surface area (TPSA) is 285 Å². The SMILES string of the molecule is O=S(=O)(O)c1ccc(S(=O)(=O)O)c([N-]N=C(N=Nc2cc(S(=O)(=O)O)cc(Nc3nc(Cl)nc(Cl)n3)c2O)c2ccccc2)c1.[Cu+]. The molecule has 0 spiro atoms. The molecule has 3 aromatic carbocycles. The summed E-state index contributed by atoms with van der Waals surface area (Å²) in [5.74, 6) is -1.51. The summed E-state index contributed by atoms with van der Waals surface area (Å²) < 4.78 is 99.4. The van der Waals surface area contributed by atoms with Crippen LogP contribution < -0.4 is 5.32 Å². The molecule has 1 heterocycles. The first-order valence-electron chi connectivity index (χ1n) is 11.5. The number of azo groups is 1. The van der Waals surface area contributed by atoms with E-state index in [1.54, 1.807) is 6.07 Å². The maximum atomic E-state index is 12.0. The number of benzene rings is 3. The largest absolute Gasteiger partial charge is 1.00 e. The van der Waals surface area contributed by atoms with Crippen LogP contribution in [0.2, 0.25) is 10.6 Å². The summed E-state index contributed by atoms with van der Waals surface area (Å²) in [7, 11) is -14.7. The number of hydrogen-bond acceptors (Lipinski definition) is 13. The fraction of sp³-hybridized carbons (Fsp3) is 0. The number of phenols is 1. The van der Waals surface area contributed by atoms with E-state index in [4.69, 9.17) is 23.2 Å². The molecule has 0 saturated heterocycles. The van der Waals surface area contributed by atoms with Crippen LogP contribution in [0.5, 0.6) is 5.75 Å². The van der Waals surface area contributed by atoms with Crippen LogP contribution in [0.4, 0.5) is 23.0 Å². The van der Waals surface area contributed by atoms with Crippen molar-refractivity contribution in [1.29, 1.82) is 0 Å². The summed E-state index contributed by atoms with van der Waals surface area (Å²) in [6.07, 6.45) is 0. The normalized spacial score (nSPS) is 12.5. The van der Waals surface area contributed by atoms with Crippen LogP contribution in [-0.4, -0.2) is 64.8 Å². The van der Waals surface area contributed by atoms with E-state index in [9.17, 15) is 44.0 Å². The van der Waals surface area contributed by atoms with Crippen molar-refractivity contribution in [3.05, 3.63) is 82.2 Å². The smallest absolute Gasteiger partial charge is 0.573 e. The molecule has 0 saturated carbocycles. The van der Waals surface area contributed by atoms with Gasteiger partial charge in [0, 0.05) is 5.56 Å². The minimum absolute atomic E-state index is 0. The number of aromatic hydroxyl groups is 1. The van der Waals surface area contributed by atoms with Crippen LogP contribution in [0.3, 0.4) is 0 Å². The van der Waals surface area contributed by atoms with Gasteiger partial charge in [-0.05, 0) is 47.5 Å². The number of halogens is 2. The van der Waals surface area contributed by atoms with Gasteiger partial charge in [0.2, 0.25) is 16.5 Å². The minimum Gasteiger partial charge on any atom is -0.573 e. The Labute approximate surface area is 280 Å². The van der Waals surface area contributed by atoms with Crippen LogP contribution in [0, 0.1) is 0 Å². The third kappa shape index (κ3) is 9.35. The van der Waals surface area contributed by atoms with Crippen molar-refractivity contribution in [2.75, 3.05) is 5.32 Å². The Morgan fingerprint density at radius 2 is 1.39 bits per heavy atom. The van der Waals surface area contributed by atoms with Crippen LogP contribution in [0.25, 0.3) is 5.43 Å². The Bertz CT molecular complexity index is 2170. The van der Waals surface area contributed by atoms with E-state index >= 15 is 0 Å². The molecule has 4 rings (SSSR count). The zero-order chi connectivity index (χ0) is 33.2. The van der Waals surface area contributed by atoms with Crippen molar-refractivity contribution < 1.29 is 61.1 Å². The number of rotatable bonds is 9. The van der Waals surface area contributed by atoms with Crippen LogP contribution in [0.1, 0.15) is 5.56 Å². The maximum absolute atomic E-state index is 12.0. The number of nitrogens with one attached hydrogen (secondary N) is 1. The summed E-state index contributed by atoms with van der Waals surface area (Å²) in [6, 6.07) is 11.1. The van der Waals surface area contributed by atoms with Crippen molar-refractivity contribution in [3.63, 3.8) is 0 Å². The molecule has 0 aliphatic rings. The second-order valence-corrected chi connectivity index (χ2v) is 13.2. The standard InChI is InChI=1S/C22H15Cl2N8O10S3.Cu/c23-20-26-21(24)28-22(27-20)25-15-9-13(44(37,38)39)10-16(18(15)33)30-32-19(11-4-2-1-3-5-11)31-29-14-8-12(43(34,35)36)6-7-17(14)45(40,41)42;/h1-10H,(H5-,25,26,27,28,29,30,31,32,33,34,35,36,37,38,39,40,41,42);/q-1;+1. The van der Waals surface area contributed by atoms with E-state index < -0.39 is 73.7 Å². The fourth-order valence-corrected chi connectivity index (χ4v) is 5.29. The number of amidine groups is 1. The van der Waals surface area contributed by atoms with E-state index in [2.05, 4.69) is 41.0 Å². The molecule has 0 aliphatic carbocycles. The molecule has 246 valence electrons. The fourth-order valence-electron chi connectivity index (χ4n) is 3.30. The van der Waals surface area contributed by atoms with E-state index in [0.29, 0.717) is 18.2 Å². The van der Waals surface area contributed by atoms with Gasteiger partial charge in [-0.15, -0.1) is 10.2 Å². The Hall–Kier alpha value is -3.83. The third-order valence-corrected chi connectivity index (χ3v) is 8.15. The first kappa shape index (κ1) is 36.6. The van der Waals surface area contributed by atoms with Crippen LogP contribution in [-0.2, 0) is 47.4 Å². The van der Waals surface area contributed by atoms with Gasteiger partial charge >= 0.3 is 17.1 Å². The first-order valence-corrected chi connectivity index (χ1v) is 16.5. The van der Waals surface area contributed by atoms with Crippen LogP contribution in [0.15, 0.2) is 90.7 Å². The van der Waals surface area contributed by atoms with E-state index in [-0.39, 0.29) is 39.1 Å².